The fourth-order valence-electron chi connectivity index (χ4n) is 4.65. The molecule has 0 atom stereocenters. The van der Waals surface area contributed by atoms with E-state index in [1.165, 1.54) is 4.90 Å². The first-order valence-electron chi connectivity index (χ1n) is 11.9. The summed E-state index contributed by atoms with van der Waals surface area (Å²) in [5.41, 5.74) is 3.94. The lowest BCUT2D eigenvalue weighted by Gasteiger charge is -2.41. The topological polar surface area (TPSA) is 96.4 Å². The summed E-state index contributed by atoms with van der Waals surface area (Å²) in [5.74, 6) is -1.01. The lowest BCUT2D eigenvalue weighted by Crippen LogP contribution is -2.55. The number of carbonyl (C=O) groups excluding carboxylic acids is 2. The molecule has 1 saturated heterocycles. The summed E-state index contributed by atoms with van der Waals surface area (Å²) >= 11 is 0. The Morgan fingerprint density at radius 3 is 2.11 bits per heavy atom. The van der Waals surface area contributed by atoms with Gasteiger partial charge in [-0.05, 0) is 43.0 Å². The molecule has 1 N–H and O–H groups in total. The minimum atomic E-state index is -0.981. The van der Waals surface area contributed by atoms with E-state index in [4.69, 9.17) is 14.6 Å². The second-order valence-corrected chi connectivity index (χ2v) is 10.1. The van der Waals surface area contributed by atoms with Gasteiger partial charge in [0.1, 0.15) is 12.2 Å². The van der Waals surface area contributed by atoms with E-state index in [2.05, 4.69) is 24.3 Å². The van der Waals surface area contributed by atoms with E-state index in [0.717, 1.165) is 22.3 Å². The Bertz CT molecular complexity index is 1060. The maximum atomic E-state index is 13.0. The molecule has 1 aliphatic heterocycles. The zero-order chi connectivity index (χ0) is 25.2. The van der Waals surface area contributed by atoms with Gasteiger partial charge >= 0.3 is 18.2 Å². The molecule has 35 heavy (non-hydrogen) atoms. The Morgan fingerprint density at radius 2 is 1.57 bits per heavy atom. The highest BCUT2D eigenvalue weighted by Crippen LogP contribution is 2.44. The third-order valence-electron chi connectivity index (χ3n) is 6.28. The average Bonchev–Trinajstić information content (AvgIpc) is 3.08. The molecular formula is C27H32N2O6. The van der Waals surface area contributed by atoms with E-state index >= 15 is 0 Å². The summed E-state index contributed by atoms with van der Waals surface area (Å²) in [6.45, 7) is 6.89. The molecule has 0 saturated carbocycles. The van der Waals surface area contributed by atoms with Crippen LogP contribution in [0.5, 0.6) is 0 Å². The van der Waals surface area contributed by atoms with E-state index in [-0.39, 0.29) is 37.5 Å². The van der Waals surface area contributed by atoms with Crippen LogP contribution in [0.15, 0.2) is 48.5 Å². The summed E-state index contributed by atoms with van der Waals surface area (Å²) in [5, 5.41) is 9.15. The van der Waals surface area contributed by atoms with Crippen molar-refractivity contribution in [2.24, 2.45) is 5.92 Å². The zero-order valence-corrected chi connectivity index (χ0v) is 20.4. The van der Waals surface area contributed by atoms with E-state index in [9.17, 15) is 14.4 Å². The number of hydrogen-bond donors (Lipinski definition) is 1. The molecule has 0 unspecified atom stereocenters. The third-order valence-corrected chi connectivity index (χ3v) is 6.28. The largest absolute Gasteiger partial charge is 0.481 e. The molecule has 186 valence electrons. The number of aliphatic carboxylic acids is 1. The van der Waals surface area contributed by atoms with E-state index in [1.54, 1.807) is 4.90 Å². The van der Waals surface area contributed by atoms with Gasteiger partial charge in [-0.2, -0.15) is 0 Å². The van der Waals surface area contributed by atoms with Gasteiger partial charge in [-0.3, -0.25) is 4.79 Å². The van der Waals surface area contributed by atoms with Crippen LogP contribution in [-0.2, 0) is 14.3 Å². The normalized spacial score (nSPS) is 15.1. The number of benzene rings is 2. The first-order valence-corrected chi connectivity index (χ1v) is 11.9. The number of carbonyl (C=O) groups is 3. The lowest BCUT2D eigenvalue weighted by atomic mass is 9.98. The number of carboxylic acid groups (broad SMARTS) is 1. The molecule has 1 fully saturated rings. The predicted molar refractivity (Wildman–Crippen MR) is 130 cm³/mol. The number of hydrogen-bond acceptors (Lipinski definition) is 5. The second-order valence-electron chi connectivity index (χ2n) is 10.1. The highest BCUT2D eigenvalue weighted by Gasteiger charge is 2.36. The highest BCUT2D eigenvalue weighted by atomic mass is 16.6. The number of amides is 2. The standard InChI is InChI=1S/C27H32N2O6/c1-27(2,3)35-26(33)29-15-18(16-29)14-28(13-12-24(30)31)25(32)34-17-23-21-10-6-4-8-19(21)20-9-5-7-11-22(20)23/h4-11,18,23H,12-17H2,1-3H3,(H,30,31). The highest BCUT2D eigenvalue weighted by molar-refractivity contribution is 5.79. The number of ether oxygens (including phenoxy) is 2. The minimum absolute atomic E-state index is 0.0387. The summed E-state index contributed by atoms with van der Waals surface area (Å²) in [7, 11) is 0. The fraction of sp³-hybridized carbons (Fsp3) is 0.444. The van der Waals surface area contributed by atoms with Gasteiger partial charge in [-0.1, -0.05) is 48.5 Å². The molecular weight excluding hydrogens is 448 g/mol. The Hall–Kier alpha value is -3.55. The van der Waals surface area contributed by atoms with Crippen LogP contribution in [0.2, 0.25) is 0 Å². The van der Waals surface area contributed by atoms with Crippen LogP contribution in [0.1, 0.15) is 44.2 Å². The fourth-order valence-corrected chi connectivity index (χ4v) is 4.65. The molecule has 0 spiro atoms. The maximum Gasteiger partial charge on any atom is 0.410 e. The van der Waals surface area contributed by atoms with Crippen molar-refractivity contribution >= 4 is 18.2 Å². The van der Waals surface area contributed by atoms with Crippen molar-refractivity contribution in [1.82, 2.24) is 9.80 Å². The molecule has 8 nitrogen and oxygen atoms in total. The van der Waals surface area contributed by atoms with Crippen molar-refractivity contribution in [3.63, 3.8) is 0 Å². The van der Waals surface area contributed by atoms with Crippen LogP contribution in [0.25, 0.3) is 11.1 Å². The SMILES string of the molecule is CC(C)(C)OC(=O)N1CC(CN(CCC(=O)O)C(=O)OCC2c3ccccc3-c3ccccc32)C1. The molecule has 1 heterocycles. The van der Waals surface area contributed by atoms with Gasteiger partial charge in [0, 0.05) is 38.0 Å². The van der Waals surface area contributed by atoms with Crippen LogP contribution in [-0.4, -0.2) is 71.4 Å². The van der Waals surface area contributed by atoms with E-state index in [1.807, 2.05) is 45.0 Å². The van der Waals surface area contributed by atoms with Gasteiger partial charge in [-0.25, -0.2) is 9.59 Å². The van der Waals surface area contributed by atoms with Crippen LogP contribution in [0, 0.1) is 5.92 Å². The van der Waals surface area contributed by atoms with Gasteiger partial charge in [0.05, 0.1) is 6.42 Å². The minimum Gasteiger partial charge on any atom is -0.481 e. The summed E-state index contributed by atoms with van der Waals surface area (Å²) < 4.78 is 11.1. The van der Waals surface area contributed by atoms with Crippen LogP contribution in [0.3, 0.4) is 0 Å². The van der Waals surface area contributed by atoms with Gasteiger partial charge in [0.25, 0.3) is 0 Å². The molecule has 0 bridgehead atoms. The second kappa shape index (κ2) is 9.98. The quantitative estimate of drug-likeness (QED) is 0.623. The van der Waals surface area contributed by atoms with Crippen molar-refractivity contribution in [3.8, 4) is 11.1 Å². The first kappa shape index (κ1) is 24.6. The Labute approximate surface area is 205 Å². The Morgan fingerprint density at radius 1 is 1.00 bits per heavy atom. The van der Waals surface area contributed by atoms with Crippen LogP contribution >= 0.6 is 0 Å². The summed E-state index contributed by atoms with van der Waals surface area (Å²) in [4.78, 5) is 39.4. The zero-order valence-electron chi connectivity index (χ0n) is 20.4. The molecule has 2 amide bonds. The van der Waals surface area contributed by atoms with Crippen molar-refractivity contribution in [2.75, 3.05) is 32.8 Å². The number of likely N-dealkylation sites (tertiary alicyclic amines) is 1. The summed E-state index contributed by atoms with van der Waals surface area (Å²) in [6, 6.07) is 16.2. The van der Waals surface area contributed by atoms with Crippen LogP contribution < -0.4 is 0 Å². The molecule has 0 radical (unpaired) electrons. The van der Waals surface area contributed by atoms with Crippen molar-refractivity contribution < 1.29 is 29.0 Å². The molecule has 2 aromatic carbocycles. The number of nitrogens with zero attached hydrogens (tertiary/aromatic N) is 2. The summed E-state index contributed by atoms with van der Waals surface area (Å²) in [6.07, 6.45) is -1.09. The Kier molecular flexibility index (Phi) is 7.00. The van der Waals surface area contributed by atoms with Crippen molar-refractivity contribution in [1.29, 1.82) is 0 Å². The number of carboxylic acids is 1. The van der Waals surface area contributed by atoms with Gasteiger partial charge in [-0.15, -0.1) is 0 Å². The molecule has 1 aliphatic carbocycles. The molecule has 8 heteroatoms. The maximum absolute atomic E-state index is 13.0. The average molecular weight is 481 g/mol. The molecule has 2 aromatic rings. The van der Waals surface area contributed by atoms with Gasteiger partial charge in [0.2, 0.25) is 0 Å². The van der Waals surface area contributed by atoms with E-state index in [0.29, 0.717) is 19.6 Å². The lowest BCUT2D eigenvalue weighted by molar-refractivity contribution is -0.137. The number of rotatable bonds is 7. The monoisotopic (exact) mass is 480 g/mol. The Balaban J connectivity index is 1.37. The first-order chi connectivity index (χ1) is 16.6. The van der Waals surface area contributed by atoms with E-state index < -0.39 is 17.7 Å². The van der Waals surface area contributed by atoms with Crippen molar-refractivity contribution in [2.45, 2.75) is 38.7 Å². The third kappa shape index (κ3) is 5.75. The molecule has 0 aromatic heterocycles. The van der Waals surface area contributed by atoms with Gasteiger partial charge < -0.3 is 24.4 Å². The predicted octanol–water partition coefficient (Wildman–Crippen LogP) is 4.58. The van der Waals surface area contributed by atoms with Crippen molar-refractivity contribution in [3.05, 3.63) is 59.7 Å². The smallest absolute Gasteiger partial charge is 0.410 e. The van der Waals surface area contributed by atoms with Gasteiger partial charge in [0.15, 0.2) is 0 Å². The number of fused-ring (bicyclic) bond motifs is 3. The molecule has 2 aliphatic rings. The molecule has 4 rings (SSSR count). The van der Waals surface area contributed by atoms with Crippen LogP contribution in [0.4, 0.5) is 9.59 Å².